The van der Waals surface area contributed by atoms with Crippen molar-refractivity contribution in [2.24, 2.45) is 0 Å². The molecule has 0 aromatic rings. The predicted molar refractivity (Wildman–Crippen MR) is 298 cm³/mol. The summed E-state index contributed by atoms with van der Waals surface area (Å²) >= 11 is 0. The Morgan fingerprint density at radius 1 is 0.434 bits per heavy atom. The van der Waals surface area contributed by atoms with Gasteiger partial charge in [0, 0.05) is 12.8 Å². The van der Waals surface area contributed by atoms with Gasteiger partial charge in [-0.3, -0.25) is 9.59 Å². The van der Waals surface area contributed by atoms with Crippen LogP contribution < -0.4 is 0 Å². The van der Waals surface area contributed by atoms with Crippen molar-refractivity contribution in [2.45, 2.75) is 274 Å². The number of hydrogen-bond donors (Lipinski definition) is 7. The molecule has 76 heavy (non-hydrogen) atoms. The zero-order valence-electron chi connectivity index (χ0n) is 46.7. The highest BCUT2D eigenvalue weighted by atomic mass is 16.7. The summed E-state index contributed by atoms with van der Waals surface area (Å²) in [6.45, 7) is 2.41. The van der Waals surface area contributed by atoms with E-state index >= 15 is 0 Å². The zero-order chi connectivity index (χ0) is 55.3. The van der Waals surface area contributed by atoms with E-state index in [4.69, 9.17) is 28.4 Å². The first-order valence-electron chi connectivity index (χ1n) is 29.5. The topological polar surface area (TPSA) is 231 Å². The molecule has 0 aliphatic carbocycles. The second-order valence-corrected chi connectivity index (χ2v) is 20.4. The molecule has 2 aliphatic heterocycles. The molecular weight excluding hydrogens is 973 g/mol. The molecule has 15 heteroatoms. The quantitative estimate of drug-likeness (QED) is 0.0171. The third kappa shape index (κ3) is 33.4. The van der Waals surface area contributed by atoms with E-state index in [1.807, 2.05) is 12.2 Å². The maximum atomic E-state index is 13.0. The SMILES string of the molecule is CC/C=C/C/C=C/C/C=C/C/C=C/C/C=C/CCCC(=O)O[C@@H](COC(=O)CCC/C=C/CCCCCCCCCCCCCCCCCCCC)CO[C@@H]1O[C@H](CO[C@@H]2O[C@H](CO)[C@H](O)C(O)C2O)[C@H](O)C(O)C1O. The van der Waals surface area contributed by atoms with Crippen LogP contribution >= 0.6 is 0 Å². The van der Waals surface area contributed by atoms with E-state index in [0.29, 0.717) is 19.3 Å². The maximum absolute atomic E-state index is 13.0. The molecule has 0 saturated carbocycles. The minimum absolute atomic E-state index is 0.0788. The second-order valence-electron chi connectivity index (χ2n) is 20.4. The Morgan fingerprint density at radius 2 is 0.829 bits per heavy atom. The number of ether oxygens (including phenoxy) is 6. The summed E-state index contributed by atoms with van der Waals surface area (Å²) in [4.78, 5) is 25.9. The fourth-order valence-electron chi connectivity index (χ4n) is 8.90. The van der Waals surface area contributed by atoms with Crippen LogP contribution in [0, 0.1) is 0 Å². The minimum atomic E-state index is -1.78. The number of carbonyl (C=O) groups excluding carboxylic acids is 2. The molecule has 15 nitrogen and oxygen atoms in total. The normalized spacial score (nSPS) is 24.9. The molecule has 0 spiro atoms. The summed E-state index contributed by atoms with van der Waals surface area (Å²) in [5, 5.41) is 72.3. The number of carbonyl (C=O) groups is 2. The molecule has 0 bridgehead atoms. The molecule has 2 fully saturated rings. The van der Waals surface area contributed by atoms with Gasteiger partial charge in [-0.25, -0.2) is 0 Å². The Bertz CT molecular complexity index is 1590. The lowest BCUT2D eigenvalue weighted by molar-refractivity contribution is -0.332. The molecule has 2 heterocycles. The third-order valence-corrected chi connectivity index (χ3v) is 13.7. The van der Waals surface area contributed by atoms with Crippen LogP contribution in [0.1, 0.15) is 206 Å². The van der Waals surface area contributed by atoms with Crippen molar-refractivity contribution in [1.82, 2.24) is 0 Å². The fourth-order valence-corrected chi connectivity index (χ4v) is 8.90. The van der Waals surface area contributed by atoms with Crippen molar-refractivity contribution in [3.05, 3.63) is 72.9 Å². The van der Waals surface area contributed by atoms with Crippen molar-refractivity contribution < 1.29 is 73.8 Å². The van der Waals surface area contributed by atoms with Gasteiger partial charge < -0.3 is 64.2 Å². The Hall–Kier alpha value is -3.06. The molecule has 4 unspecified atom stereocenters. The first-order valence-corrected chi connectivity index (χ1v) is 29.5. The summed E-state index contributed by atoms with van der Waals surface area (Å²) in [7, 11) is 0. The summed E-state index contributed by atoms with van der Waals surface area (Å²) in [6.07, 6.45) is 40.9. The summed E-state index contributed by atoms with van der Waals surface area (Å²) in [5.74, 6) is -1.03. The van der Waals surface area contributed by atoms with E-state index in [1.165, 1.54) is 109 Å². The highest BCUT2D eigenvalue weighted by Crippen LogP contribution is 2.27. The molecule has 0 radical (unpaired) electrons. The summed E-state index contributed by atoms with van der Waals surface area (Å²) in [6, 6.07) is 0. The van der Waals surface area contributed by atoms with Gasteiger partial charge in [0.25, 0.3) is 0 Å². The molecule has 7 N–H and O–H groups in total. The average Bonchev–Trinajstić information content (AvgIpc) is 3.41. The van der Waals surface area contributed by atoms with E-state index in [-0.39, 0.29) is 19.4 Å². The molecule has 2 saturated heterocycles. The minimum Gasteiger partial charge on any atom is -0.462 e. The van der Waals surface area contributed by atoms with Gasteiger partial charge in [0.15, 0.2) is 18.7 Å². The van der Waals surface area contributed by atoms with E-state index in [9.17, 15) is 45.3 Å². The largest absolute Gasteiger partial charge is 0.462 e. The van der Waals surface area contributed by atoms with E-state index in [0.717, 1.165) is 51.4 Å². The number of esters is 2. The molecular formula is C61H104O15. The lowest BCUT2D eigenvalue weighted by atomic mass is 9.98. The highest BCUT2D eigenvalue weighted by Gasteiger charge is 2.47. The number of allylic oxidation sites excluding steroid dienone is 12. The molecule has 438 valence electrons. The van der Waals surface area contributed by atoms with Crippen LogP contribution in [0.15, 0.2) is 72.9 Å². The van der Waals surface area contributed by atoms with E-state index in [1.54, 1.807) is 0 Å². The Labute approximate surface area is 457 Å². The van der Waals surface area contributed by atoms with Gasteiger partial charge >= 0.3 is 11.9 Å². The van der Waals surface area contributed by atoms with E-state index in [2.05, 4.69) is 74.6 Å². The number of aliphatic hydroxyl groups is 7. The summed E-state index contributed by atoms with van der Waals surface area (Å²) < 4.78 is 33.6. The lowest BCUT2D eigenvalue weighted by Gasteiger charge is -2.42. The number of rotatable bonds is 46. The number of hydrogen-bond acceptors (Lipinski definition) is 15. The van der Waals surface area contributed by atoms with Crippen LogP contribution in [-0.4, -0.2) is 142 Å². The van der Waals surface area contributed by atoms with Crippen LogP contribution in [0.4, 0.5) is 0 Å². The van der Waals surface area contributed by atoms with Crippen LogP contribution in [0.2, 0.25) is 0 Å². The average molecular weight is 1080 g/mol. The Kier molecular flexibility index (Phi) is 42.5. The molecule has 0 aromatic carbocycles. The smallest absolute Gasteiger partial charge is 0.306 e. The number of aliphatic hydroxyl groups excluding tert-OH is 7. The first kappa shape index (κ1) is 69.0. The van der Waals surface area contributed by atoms with Gasteiger partial charge in [0.05, 0.1) is 19.8 Å². The molecule has 2 aliphatic rings. The van der Waals surface area contributed by atoms with Crippen molar-refractivity contribution >= 4 is 11.9 Å². The van der Waals surface area contributed by atoms with Crippen molar-refractivity contribution in [2.75, 3.05) is 26.4 Å². The number of unbranched alkanes of at least 4 members (excludes halogenated alkanes) is 20. The predicted octanol–water partition coefficient (Wildman–Crippen LogP) is 10.2. The van der Waals surface area contributed by atoms with Gasteiger partial charge in [-0.15, -0.1) is 0 Å². The van der Waals surface area contributed by atoms with Crippen LogP contribution in [0.5, 0.6) is 0 Å². The van der Waals surface area contributed by atoms with Crippen molar-refractivity contribution in [1.29, 1.82) is 0 Å². The van der Waals surface area contributed by atoms with E-state index < -0.39 is 99.3 Å². The van der Waals surface area contributed by atoms with Gasteiger partial charge in [-0.1, -0.05) is 196 Å². The first-order chi connectivity index (χ1) is 37.0. The van der Waals surface area contributed by atoms with Crippen molar-refractivity contribution in [3.8, 4) is 0 Å². The van der Waals surface area contributed by atoms with Gasteiger partial charge in [-0.2, -0.15) is 0 Å². The van der Waals surface area contributed by atoms with Crippen LogP contribution in [-0.2, 0) is 38.0 Å². The monoisotopic (exact) mass is 1080 g/mol. The fraction of sp³-hybridized carbons (Fsp3) is 0.770. The van der Waals surface area contributed by atoms with Crippen molar-refractivity contribution in [3.63, 3.8) is 0 Å². The molecule has 0 amide bonds. The molecule has 0 aromatic heterocycles. The zero-order valence-corrected chi connectivity index (χ0v) is 46.7. The third-order valence-electron chi connectivity index (χ3n) is 13.7. The highest BCUT2D eigenvalue weighted by molar-refractivity contribution is 5.70. The second kappa shape index (κ2) is 46.8. The van der Waals surface area contributed by atoms with Crippen LogP contribution in [0.25, 0.3) is 0 Å². The molecule has 11 atom stereocenters. The Balaban J connectivity index is 1.76. The Morgan fingerprint density at radius 3 is 1.32 bits per heavy atom. The van der Waals surface area contributed by atoms with Gasteiger partial charge in [0.1, 0.15) is 55.4 Å². The maximum Gasteiger partial charge on any atom is 0.306 e. The van der Waals surface area contributed by atoms with Gasteiger partial charge in [-0.05, 0) is 70.6 Å². The standard InChI is InChI=1S/C61H104O15/c1-3-5-7-9-11-13-15-17-19-21-22-23-24-25-26-28-29-31-33-35-37-39-41-43-52(63)71-46-49(74-53(64)44-42-40-38-36-34-32-30-27-20-18-16-14-12-10-8-6-4-2)47-72-60-59(70)57(68)55(66)51(76-60)48-73-61-58(69)56(67)54(65)50(45-62)75-61/h6,8,12,14,18,20,30,32,35-38,49-51,54-62,65-70H,3-5,7,9-11,13,15-17,19,21-29,31,33-34,39-48H2,1-2H3/b8-6+,14-12+,20-18+,32-30+,37-35+,38-36+/t49-,50+,51+,54-,55-,56?,57?,58?,59?,60+,61+/m0/s1. The lowest BCUT2D eigenvalue weighted by Crippen LogP contribution is -2.61. The molecule has 2 rings (SSSR count). The van der Waals surface area contributed by atoms with Crippen LogP contribution in [0.3, 0.4) is 0 Å². The summed E-state index contributed by atoms with van der Waals surface area (Å²) in [5.41, 5.74) is 0. The van der Waals surface area contributed by atoms with Gasteiger partial charge in [0.2, 0.25) is 0 Å².